The van der Waals surface area contributed by atoms with Crippen LogP contribution in [0.25, 0.3) is 0 Å². The first-order valence-corrected chi connectivity index (χ1v) is 13.3. The third-order valence-electron chi connectivity index (χ3n) is 6.06. The second kappa shape index (κ2) is 16.2. The van der Waals surface area contributed by atoms with Gasteiger partial charge in [-0.2, -0.15) is 0 Å². The zero-order valence-corrected chi connectivity index (χ0v) is 23.0. The van der Waals surface area contributed by atoms with E-state index in [0.717, 1.165) is 5.56 Å². The van der Waals surface area contributed by atoms with E-state index in [-0.39, 0.29) is 31.0 Å². The molecule has 4 N–H and O–H groups in total. The SMILES string of the molecule is CCOC(=O)/C=C/[C@H](C[C@@H]1CCNC1=O)NC(=O)[C@H](CC(C)C)NC(=O)[C@H](C)NC(=O)OCc1ccccc1. The molecule has 1 heterocycles. The Morgan fingerprint density at radius 3 is 2.36 bits per heavy atom. The van der Waals surface area contributed by atoms with Gasteiger partial charge in [0.2, 0.25) is 17.7 Å². The molecule has 4 atom stereocenters. The van der Waals surface area contributed by atoms with Crippen molar-refractivity contribution in [3.63, 3.8) is 0 Å². The number of nitrogens with one attached hydrogen (secondary N) is 4. The van der Waals surface area contributed by atoms with Crippen LogP contribution < -0.4 is 21.3 Å². The van der Waals surface area contributed by atoms with E-state index in [1.54, 1.807) is 6.92 Å². The number of alkyl carbamates (subject to hydrolysis) is 1. The summed E-state index contributed by atoms with van der Waals surface area (Å²) in [5, 5.41) is 10.8. The second-order valence-corrected chi connectivity index (χ2v) is 9.86. The first-order chi connectivity index (χ1) is 18.6. The highest BCUT2D eigenvalue weighted by Gasteiger charge is 2.30. The van der Waals surface area contributed by atoms with Crippen molar-refractivity contribution < 1.29 is 33.4 Å². The van der Waals surface area contributed by atoms with Gasteiger partial charge in [0.25, 0.3) is 0 Å². The molecule has 2 rings (SSSR count). The molecule has 1 fully saturated rings. The lowest BCUT2D eigenvalue weighted by molar-refractivity contribution is -0.137. The van der Waals surface area contributed by atoms with Crippen LogP contribution >= 0.6 is 0 Å². The van der Waals surface area contributed by atoms with E-state index in [1.165, 1.54) is 19.1 Å². The summed E-state index contributed by atoms with van der Waals surface area (Å²) in [5.41, 5.74) is 0.806. The third-order valence-corrected chi connectivity index (χ3v) is 6.06. The monoisotopic (exact) mass is 544 g/mol. The van der Waals surface area contributed by atoms with Crippen LogP contribution in [0.3, 0.4) is 0 Å². The average molecular weight is 545 g/mol. The van der Waals surface area contributed by atoms with Crippen molar-refractivity contribution in [1.29, 1.82) is 0 Å². The molecule has 39 heavy (non-hydrogen) atoms. The summed E-state index contributed by atoms with van der Waals surface area (Å²) in [7, 11) is 0. The summed E-state index contributed by atoms with van der Waals surface area (Å²) in [6.07, 6.45) is 3.22. The molecule has 11 nitrogen and oxygen atoms in total. The van der Waals surface area contributed by atoms with Crippen molar-refractivity contribution in [3.8, 4) is 0 Å². The number of rotatable bonds is 14. The Balaban J connectivity index is 2.01. The fourth-order valence-corrected chi connectivity index (χ4v) is 4.04. The highest BCUT2D eigenvalue weighted by molar-refractivity contribution is 5.91. The molecule has 1 aromatic rings. The summed E-state index contributed by atoms with van der Waals surface area (Å²) in [4.78, 5) is 62.2. The Labute approximate surface area is 229 Å². The lowest BCUT2D eigenvalue weighted by Crippen LogP contribution is -2.54. The number of amides is 4. The smallest absolute Gasteiger partial charge is 0.408 e. The number of carbonyl (C=O) groups excluding carboxylic acids is 5. The Morgan fingerprint density at radius 2 is 1.74 bits per heavy atom. The quantitative estimate of drug-likeness (QED) is 0.206. The number of hydrogen-bond donors (Lipinski definition) is 4. The Hall–Kier alpha value is -3.89. The van der Waals surface area contributed by atoms with E-state index < -0.39 is 42.0 Å². The fraction of sp³-hybridized carbons (Fsp3) is 0.536. The maximum absolute atomic E-state index is 13.3. The predicted molar refractivity (Wildman–Crippen MR) is 144 cm³/mol. The molecule has 0 spiro atoms. The minimum Gasteiger partial charge on any atom is -0.463 e. The number of carbonyl (C=O) groups is 5. The van der Waals surface area contributed by atoms with Gasteiger partial charge in [0.15, 0.2) is 0 Å². The predicted octanol–water partition coefficient (Wildman–Crippen LogP) is 1.96. The van der Waals surface area contributed by atoms with Crippen LogP contribution in [-0.2, 0) is 35.3 Å². The van der Waals surface area contributed by atoms with Gasteiger partial charge in [-0.15, -0.1) is 0 Å². The first-order valence-electron chi connectivity index (χ1n) is 13.3. The maximum atomic E-state index is 13.3. The summed E-state index contributed by atoms with van der Waals surface area (Å²) in [5.74, 6) is -1.93. The van der Waals surface area contributed by atoms with E-state index in [2.05, 4.69) is 21.3 Å². The van der Waals surface area contributed by atoms with E-state index in [4.69, 9.17) is 9.47 Å². The van der Waals surface area contributed by atoms with Gasteiger partial charge in [-0.25, -0.2) is 9.59 Å². The van der Waals surface area contributed by atoms with Gasteiger partial charge in [0, 0.05) is 24.6 Å². The maximum Gasteiger partial charge on any atom is 0.408 e. The van der Waals surface area contributed by atoms with Gasteiger partial charge in [0.1, 0.15) is 18.7 Å². The van der Waals surface area contributed by atoms with Crippen LogP contribution in [0, 0.1) is 11.8 Å². The lowest BCUT2D eigenvalue weighted by Gasteiger charge is -2.25. The van der Waals surface area contributed by atoms with Crippen LogP contribution in [0.1, 0.15) is 52.5 Å². The Kier molecular flexibility index (Phi) is 13.0. The van der Waals surface area contributed by atoms with Crippen LogP contribution in [0.4, 0.5) is 4.79 Å². The summed E-state index contributed by atoms with van der Waals surface area (Å²) in [6.45, 7) is 7.82. The summed E-state index contributed by atoms with van der Waals surface area (Å²) in [6, 6.07) is 6.63. The number of esters is 1. The molecule has 1 aromatic carbocycles. The molecule has 0 unspecified atom stereocenters. The molecule has 0 bridgehead atoms. The van der Waals surface area contributed by atoms with Gasteiger partial charge >= 0.3 is 12.1 Å². The lowest BCUT2D eigenvalue weighted by atomic mass is 9.97. The molecule has 0 aromatic heterocycles. The van der Waals surface area contributed by atoms with Crippen molar-refractivity contribution >= 4 is 29.8 Å². The molecule has 1 aliphatic heterocycles. The molecule has 4 amide bonds. The van der Waals surface area contributed by atoms with Gasteiger partial charge in [0.05, 0.1) is 6.61 Å². The van der Waals surface area contributed by atoms with Crippen molar-refractivity contribution in [1.82, 2.24) is 21.3 Å². The Bertz CT molecular complexity index is 1010. The number of hydrogen-bond acceptors (Lipinski definition) is 7. The van der Waals surface area contributed by atoms with Gasteiger partial charge < -0.3 is 30.7 Å². The summed E-state index contributed by atoms with van der Waals surface area (Å²) < 4.78 is 10.1. The Morgan fingerprint density at radius 1 is 1.03 bits per heavy atom. The molecule has 11 heteroatoms. The van der Waals surface area contributed by atoms with E-state index in [9.17, 15) is 24.0 Å². The standard InChI is InChI=1S/C28H40N4O7/c1-5-38-24(33)12-11-22(16-21-13-14-29-26(21)35)31-27(36)23(15-18(2)3)32-25(34)19(4)30-28(37)39-17-20-9-7-6-8-10-20/h6-12,18-19,21-23H,5,13-17H2,1-4H3,(H,29,35)(H,30,37)(H,31,36)(H,32,34)/b12-11+/t19-,21-,22+,23-/m0/s1. The normalized spacial score (nSPS) is 17.2. The third kappa shape index (κ3) is 11.6. The van der Waals surface area contributed by atoms with Crippen LogP contribution in [0.5, 0.6) is 0 Å². The molecule has 1 saturated heterocycles. The van der Waals surface area contributed by atoms with E-state index in [0.29, 0.717) is 25.8 Å². The number of benzene rings is 1. The molecule has 0 saturated carbocycles. The van der Waals surface area contributed by atoms with Crippen molar-refractivity contribution in [2.75, 3.05) is 13.2 Å². The molecule has 214 valence electrons. The molecular weight excluding hydrogens is 504 g/mol. The molecule has 0 aliphatic carbocycles. The highest BCUT2D eigenvalue weighted by Crippen LogP contribution is 2.17. The zero-order valence-electron chi connectivity index (χ0n) is 23.0. The van der Waals surface area contributed by atoms with Gasteiger partial charge in [-0.05, 0) is 44.6 Å². The molecule has 1 aliphatic rings. The van der Waals surface area contributed by atoms with E-state index in [1.807, 2.05) is 44.2 Å². The molecular formula is C28H40N4O7. The van der Waals surface area contributed by atoms with Crippen molar-refractivity contribution in [3.05, 3.63) is 48.0 Å². The van der Waals surface area contributed by atoms with Crippen molar-refractivity contribution in [2.24, 2.45) is 11.8 Å². The van der Waals surface area contributed by atoms with E-state index >= 15 is 0 Å². The molecule has 0 radical (unpaired) electrons. The largest absolute Gasteiger partial charge is 0.463 e. The zero-order chi connectivity index (χ0) is 28.8. The van der Waals surface area contributed by atoms with Gasteiger partial charge in [-0.1, -0.05) is 50.3 Å². The average Bonchev–Trinajstić information content (AvgIpc) is 3.30. The second-order valence-electron chi connectivity index (χ2n) is 9.86. The first kappa shape index (κ1) is 31.3. The fourth-order valence-electron chi connectivity index (χ4n) is 4.04. The minimum atomic E-state index is -0.961. The highest BCUT2D eigenvalue weighted by atomic mass is 16.5. The van der Waals surface area contributed by atoms with Crippen LogP contribution in [0.2, 0.25) is 0 Å². The van der Waals surface area contributed by atoms with Crippen LogP contribution in [-0.4, -0.2) is 61.1 Å². The number of ether oxygens (including phenoxy) is 2. The van der Waals surface area contributed by atoms with Crippen LogP contribution in [0.15, 0.2) is 42.5 Å². The van der Waals surface area contributed by atoms with Gasteiger partial charge in [-0.3, -0.25) is 14.4 Å². The minimum absolute atomic E-state index is 0.0547. The summed E-state index contributed by atoms with van der Waals surface area (Å²) >= 11 is 0. The van der Waals surface area contributed by atoms with Crippen molar-refractivity contribution in [2.45, 2.75) is 71.7 Å². The topological polar surface area (TPSA) is 152 Å².